The third kappa shape index (κ3) is 3.62. The van der Waals surface area contributed by atoms with Gasteiger partial charge in [0.15, 0.2) is 4.90 Å². The predicted octanol–water partition coefficient (Wildman–Crippen LogP) is -0.203. The number of nitrogens with zero attached hydrogens (tertiary/aromatic N) is 2. The Morgan fingerprint density at radius 3 is 2.28 bits per heavy atom. The number of hydrogen-bond donors (Lipinski definition) is 2. The quantitative estimate of drug-likeness (QED) is 0.449. The monoisotopic (exact) mass is 359 g/mol. The Hall–Kier alpha value is -1.25. The molecule has 0 aliphatic heterocycles. The molecule has 98 valence electrons. The van der Waals surface area contributed by atoms with Gasteiger partial charge in [0.05, 0.1) is 0 Å². The Labute approximate surface area is 120 Å². The Morgan fingerprint density at radius 1 is 1.17 bits per heavy atom. The summed E-state index contributed by atoms with van der Waals surface area (Å²) in [5.74, 6) is 0.219. The van der Waals surface area contributed by atoms with Crippen LogP contribution in [0.4, 0.5) is 11.6 Å². The zero-order valence-corrected chi connectivity index (χ0v) is 11.5. The van der Waals surface area contributed by atoms with E-state index in [2.05, 4.69) is 9.97 Å². The summed E-state index contributed by atoms with van der Waals surface area (Å²) < 4.78 is 23.1. The van der Waals surface area contributed by atoms with Gasteiger partial charge in [0.2, 0.25) is 0 Å². The van der Waals surface area contributed by atoms with E-state index in [0.717, 1.165) is 4.72 Å². The number of rotatable bonds is 3. The summed E-state index contributed by atoms with van der Waals surface area (Å²) >= 11 is 0. The summed E-state index contributed by atoms with van der Waals surface area (Å²) in [7, 11) is -3.29. The molecule has 0 saturated heterocycles. The van der Waals surface area contributed by atoms with E-state index in [0.29, 0.717) is 5.69 Å². The van der Waals surface area contributed by atoms with E-state index in [1.54, 1.807) is 18.2 Å². The zero-order valence-electron chi connectivity index (χ0n) is 9.16. The molecule has 0 fully saturated rings. The van der Waals surface area contributed by atoms with Crippen molar-refractivity contribution in [2.75, 3.05) is 5.73 Å². The van der Waals surface area contributed by atoms with Gasteiger partial charge in [0, 0.05) is 18.1 Å². The third-order valence-electron chi connectivity index (χ3n) is 2.07. The second-order valence-corrected chi connectivity index (χ2v) is 5.21. The minimum Gasteiger partial charge on any atom is -0.399 e. The van der Waals surface area contributed by atoms with Crippen LogP contribution < -0.4 is 10.5 Å². The maximum atomic E-state index is 12.0. The van der Waals surface area contributed by atoms with E-state index < -0.39 is 10.0 Å². The Balaban J connectivity index is 0.00000162. The fraction of sp³-hybridized carbons (Fsp3) is 0. The Bertz CT molecular complexity index is 602. The maximum Gasteiger partial charge on any atom is 1.00 e. The van der Waals surface area contributed by atoms with Gasteiger partial charge in [-0.3, -0.25) is 0 Å². The summed E-state index contributed by atoms with van der Waals surface area (Å²) in [6, 6.07) is 7.81. The molecule has 0 amide bonds. The van der Waals surface area contributed by atoms with Crippen molar-refractivity contribution in [3.63, 3.8) is 0 Å². The third-order valence-corrected chi connectivity index (χ3v) is 3.55. The van der Waals surface area contributed by atoms with Crippen LogP contribution in [-0.2, 0) is 32.4 Å². The van der Waals surface area contributed by atoms with Crippen molar-refractivity contribution in [3.8, 4) is 0 Å². The molecule has 0 spiro atoms. The van der Waals surface area contributed by atoms with Crippen molar-refractivity contribution < 1.29 is 35.5 Å². The van der Waals surface area contributed by atoms with Crippen LogP contribution in [0, 0.1) is 0 Å². The van der Waals surface area contributed by atoms with E-state index in [1.807, 2.05) is 0 Å². The molecule has 18 heavy (non-hydrogen) atoms. The van der Waals surface area contributed by atoms with Crippen molar-refractivity contribution in [3.05, 3.63) is 42.7 Å². The van der Waals surface area contributed by atoms with Crippen molar-refractivity contribution in [1.82, 2.24) is 9.97 Å². The first-order valence-corrected chi connectivity index (χ1v) is 6.40. The first-order valence-electron chi connectivity index (χ1n) is 4.82. The topological polar surface area (TPSA) is 107 Å². The van der Waals surface area contributed by atoms with Crippen LogP contribution in [0.15, 0.2) is 47.6 Å². The molecule has 1 aromatic heterocycles. The van der Waals surface area contributed by atoms with Gasteiger partial charge in [-0.2, -0.15) is 14.2 Å². The van der Waals surface area contributed by atoms with E-state index in [-0.39, 0.29) is 33.2 Å². The summed E-state index contributed by atoms with van der Waals surface area (Å²) in [4.78, 5) is 8.03. The molecule has 0 aliphatic carbocycles. The van der Waals surface area contributed by atoms with Crippen LogP contribution >= 0.6 is 0 Å². The summed E-state index contributed by atoms with van der Waals surface area (Å²) in [5.41, 5.74) is 6.05. The van der Waals surface area contributed by atoms with Crippen molar-refractivity contribution in [2.24, 2.45) is 0 Å². The van der Waals surface area contributed by atoms with E-state index >= 15 is 0 Å². The van der Waals surface area contributed by atoms with Gasteiger partial charge in [0.25, 0.3) is 0 Å². The minimum absolute atomic E-state index is 0. The largest absolute Gasteiger partial charge is 1.00 e. The van der Waals surface area contributed by atoms with Crippen LogP contribution in [-0.4, -0.2) is 18.4 Å². The molecule has 0 saturated carbocycles. The SMILES string of the molecule is Nc1ccc(S(=O)(=[OH+])[NH2+]c2ncccn2)cc1.[Ag+]. The predicted molar refractivity (Wildman–Crippen MR) is 62.8 cm³/mol. The van der Waals surface area contributed by atoms with E-state index in [9.17, 15) is 8.42 Å². The fourth-order valence-corrected chi connectivity index (χ4v) is 2.31. The average Bonchev–Trinajstić information content (AvgIpc) is 2.30. The summed E-state index contributed by atoms with van der Waals surface area (Å²) in [6.07, 6.45) is 3.02. The number of hydrogen-bond acceptors (Lipinski definition) is 4. The van der Waals surface area contributed by atoms with Crippen LogP contribution in [0.25, 0.3) is 0 Å². The molecule has 5 N–H and O–H groups in total. The van der Waals surface area contributed by atoms with Gasteiger partial charge in [-0.15, -0.1) is 8.93 Å². The van der Waals surface area contributed by atoms with Crippen LogP contribution in [0.5, 0.6) is 0 Å². The van der Waals surface area contributed by atoms with Gasteiger partial charge < -0.3 is 5.73 Å². The number of aromatic nitrogens is 2. The van der Waals surface area contributed by atoms with E-state index in [1.165, 1.54) is 24.5 Å². The molecule has 1 heterocycles. The average molecular weight is 360 g/mol. The second kappa shape index (κ2) is 6.08. The molecule has 1 atom stereocenters. The molecule has 0 bridgehead atoms. The molecule has 0 aliphatic rings. The van der Waals surface area contributed by atoms with Crippen LogP contribution in [0.3, 0.4) is 0 Å². The number of nitrogen functional groups attached to an aromatic ring is 1. The first-order chi connectivity index (χ1) is 8.08. The summed E-state index contributed by atoms with van der Waals surface area (Å²) in [5, 5.41) is 0. The minimum atomic E-state index is -3.29. The van der Waals surface area contributed by atoms with Crippen LogP contribution in [0.2, 0.25) is 0 Å². The number of nitrogens with two attached hydrogens (primary N) is 2. The zero-order chi connectivity index (χ0) is 12.3. The Kier molecular flexibility index (Phi) is 5.00. The number of quaternary nitrogens is 1. The molecular formula is C10H12AgN4O2S+3. The van der Waals surface area contributed by atoms with Gasteiger partial charge in [-0.25, -0.2) is 0 Å². The molecule has 2 rings (SSSR count). The molecule has 8 heteroatoms. The smallest absolute Gasteiger partial charge is 0.399 e. The number of benzene rings is 1. The van der Waals surface area contributed by atoms with Crippen molar-refractivity contribution >= 4 is 21.7 Å². The van der Waals surface area contributed by atoms with Gasteiger partial charge >= 0.3 is 38.4 Å². The molecule has 2 aromatic rings. The second-order valence-electron chi connectivity index (χ2n) is 3.36. The Morgan fingerprint density at radius 2 is 1.72 bits per heavy atom. The normalized spacial score (nSPS) is 13.3. The fourth-order valence-electron chi connectivity index (χ4n) is 1.25. The molecule has 6 nitrogen and oxygen atoms in total. The molecular weight excluding hydrogens is 348 g/mol. The molecule has 0 radical (unpaired) electrons. The maximum absolute atomic E-state index is 12.0. The van der Waals surface area contributed by atoms with Gasteiger partial charge in [0.1, 0.15) is 0 Å². The van der Waals surface area contributed by atoms with Crippen molar-refractivity contribution in [2.45, 2.75) is 4.90 Å². The number of anilines is 1. The van der Waals surface area contributed by atoms with Crippen LogP contribution in [0.1, 0.15) is 0 Å². The van der Waals surface area contributed by atoms with Gasteiger partial charge in [-0.1, -0.05) is 0 Å². The molecule has 1 unspecified atom stereocenters. The van der Waals surface area contributed by atoms with E-state index in [4.69, 9.17) is 5.73 Å². The van der Waals surface area contributed by atoms with Gasteiger partial charge in [-0.05, 0) is 30.3 Å². The standard InChI is InChI=1S/C10H10N4O2S.Ag/c11-8-2-4-9(5-3-8)17(15,16)14-10-12-6-1-7-13-10;/h1-7H,11H2,(H,12,13,14,15,16);/q;+1/p+2. The van der Waals surface area contributed by atoms with Crippen molar-refractivity contribution in [1.29, 1.82) is 0 Å². The first kappa shape index (κ1) is 14.8. The summed E-state index contributed by atoms with van der Waals surface area (Å²) in [6.45, 7) is 0. The molecule has 1 aromatic carbocycles.